The van der Waals surface area contributed by atoms with Crippen LogP contribution in [0, 0.1) is 17.2 Å². The zero-order valence-electron chi connectivity index (χ0n) is 8.91. The molecular formula is C12H14BrN3. The van der Waals surface area contributed by atoms with Crippen LogP contribution in [0.25, 0.3) is 0 Å². The highest BCUT2D eigenvalue weighted by Gasteiger charge is 2.30. The Morgan fingerprint density at radius 2 is 2.31 bits per heavy atom. The highest BCUT2D eigenvalue weighted by molar-refractivity contribution is 9.10. The molecule has 0 amide bonds. The Balaban J connectivity index is 2.09. The molecule has 0 spiro atoms. The van der Waals surface area contributed by atoms with Gasteiger partial charge in [-0.05, 0) is 52.9 Å². The molecule has 0 bridgehead atoms. The van der Waals surface area contributed by atoms with Crippen LogP contribution in [0.3, 0.4) is 0 Å². The molecule has 1 saturated carbocycles. The second kappa shape index (κ2) is 4.86. The first-order chi connectivity index (χ1) is 7.74. The first-order valence-corrected chi connectivity index (χ1v) is 6.20. The fourth-order valence-corrected chi connectivity index (χ4v) is 2.24. The molecule has 3 nitrogen and oxygen atoms in total. The van der Waals surface area contributed by atoms with Crippen molar-refractivity contribution in [2.45, 2.75) is 18.9 Å². The molecule has 4 heteroatoms. The molecule has 0 radical (unpaired) electrons. The van der Waals surface area contributed by atoms with E-state index in [0.29, 0.717) is 18.2 Å². The highest BCUT2D eigenvalue weighted by Crippen LogP contribution is 2.34. The summed E-state index contributed by atoms with van der Waals surface area (Å²) in [5.74, 6) is 0.722. The quantitative estimate of drug-likeness (QED) is 0.890. The van der Waals surface area contributed by atoms with E-state index in [2.05, 4.69) is 27.3 Å². The summed E-state index contributed by atoms with van der Waals surface area (Å²) in [4.78, 5) is 0. The van der Waals surface area contributed by atoms with Crippen molar-refractivity contribution < 1.29 is 0 Å². The summed E-state index contributed by atoms with van der Waals surface area (Å²) in [5.41, 5.74) is 7.40. The van der Waals surface area contributed by atoms with Crippen LogP contribution < -0.4 is 11.1 Å². The van der Waals surface area contributed by atoms with E-state index in [1.807, 2.05) is 18.2 Å². The fourth-order valence-electron chi connectivity index (χ4n) is 1.78. The predicted octanol–water partition coefficient (Wildman–Crippen LogP) is 2.47. The molecule has 2 rings (SSSR count). The van der Waals surface area contributed by atoms with E-state index in [9.17, 15) is 0 Å². The normalized spacial score (nSPS) is 16.6. The Labute approximate surface area is 104 Å². The number of benzene rings is 1. The van der Waals surface area contributed by atoms with Crippen molar-refractivity contribution in [3.63, 3.8) is 0 Å². The first kappa shape index (κ1) is 11.4. The maximum absolute atomic E-state index is 8.82. The first-order valence-electron chi connectivity index (χ1n) is 5.41. The van der Waals surface area contributed by atoms with Crippen molar-refractivity contribution >= 4 is 21.6 Å². The van der Waals surface area contributed by atoms with Gasteiger partial charge >= 0.3 is 0 Å². The summed E-state index contributed by atoms with van der Waals surface area (Å²) in [5, 5.41) is 12.2. The Bertz CT molecular complexity index is 421. The number of hydrogen-bond acceptors (Lipinski definition) is 3. The van der Waals surface area contributed by atoms with Gasteiger partial charge in [0, 0.05) is 22.7 Å². The van der Waals surface area contributed by atoms with Crippen molar-refractivity contribution in [1.29, 1.82) is 5.26 Å². The van der Waals surface area contributed by atoms with Crippen molar-refractivity contribution in [2.75, 3.05) is 11.9 Å². The average molecular weight is 280 g/mol. The van der Waals surface area contributed by atoms with Crippen molar-refractivity contribution in [3.05, 3.63) is 28.2 Å². The summed E-state index contributed by atoms with van der Waals surface area (Å²) >= 11 is 3.38. The van der Waals surface area contributed by atoms with Gasteiger partial charge in [0.15, 0.2) is 0 Å². The Morgan fingerprint density at radius 3 is 2.81 bits per heavy atom. The van der Waals surface area contributed by atoms with Gasteiger partial charge in [0.1, 0.15) is 6.07 Å². The smallest absolute Gasteiger partial charge is 0.100 e. The van der Waals surface area contributed by atoms with E-state index >= 15 is 0 Å². The Kier molecular flexibility index (Phi) is 3.47. The summed E-state index contributed by atoms with van der Waals surface area (Å²) in [6, 6.07) is 8.16. The van der Waals surface area contributed by atoms with E-state index in [0.717, 1.165) is 16.1 Å². The molecule has 0 aromatic heterocycles. The molecule has 1 aromatic carbocycles. The lowest BCUT2D eigenvalue weighted by molar-refractivity contribution is 0.645. The Morgan fingerprint density at radius 1 is 1.56 bits per heavy atom. The van der Waals surface area contributed by atoms with Crippen LogP contribution in [0.4, 0.5) is 5.69 Å². The van der Waals surface area contributed by atoms with E-state index in [1.54, 1.807) is 0 Å². The number of nitriles is 1. The van der Waals surface area contributed by atoms with Gasteiger partial charge in [0.2, 0.25) is 0 Å². The molecule has 1 unspecified atom stereocenters. The van der Waals surface area contributed by atoms with E-state index in [1.165, 1.54) is 12.8 Å². The minimum atomic E-state index is 0.361. The van der Waals surface area contributed by atoms with Crippen LogP contribution in [0.1, 0.15) is 18.4 Å². The minimum Gasteiger partial charge on any atom is -0.381 e. The molecule has 1 aliphatic carbocycles. The van der Waals surface area contributed by atoms with Crippen LogP contribution in [-0.2, 0) is 0 Å². The molecule has 1 aliphatic rings. The maximum Gasteiger partial charge on any atom is 0.100 e. The highest BCUT2D eigenvalue weighted by atomic mass is 79.9. The van der Waals surface area contributed by atoms with Crippen LogP contribution in [0.2, 0.25) is 0 Å². The van der Waals surface area contributed by atoms with Crippen LogP contribution in [0.5, 0.6) is 0 Å². The van der Waals surface area contributed by atoms with Gasteiger partial charge in [-0.15, -0.1) is 0 Å². The third-order valence-corrected chi connectivity index (χ3v) is 3.54. The van der Waals surface area contributed by atoms with Gasteiger partial charge in [-0.2, -0.15) is 5.26 Å². The topological polar surface area (TPSA) is 61.8 Å². The lowest BCUT2D eigenvalue weighted by atomic mass is 10.1. The zero-order chi connectivity index (χ0) is 11.5. The number of hydrogen-bond donors (Lipinski definition) is 2. The summed E-state index contributed by atoms with van der Waals surface area (Å²) in [6.07, 6.45) is 2.54. The number of halogens is 1. The Hall–Kier alpha value is -1.05. The van der Waals surface area contributed by atoms with Gasteiger partial charge in [-0.25, -0.2) is 0 Å². The van der Waals surface area contributed by atoms with E-state index in [-0.39, 0.29) is 0 Å². The maximum atomic E-state index is 8.82. The molecule has 16 heavy (non-hydrogen) atoms. The summed E-state index contributed by atoms with van der Waals surface area (Å²) in [7, 11) is 0. The van der Waals surface area contributed by atoms with Gasteiger partial charge in [-0.1, -0.05) is 0 Å². The molecule has 3 N–H and O–H groups in total. The molecule has 1 atom stereocenters. The fraction of sp³-hybridized carbons (Fsp3) is 0.417. The largest absolute Gasteiger partial charge is 0.381 e. The molecule has 1 fully saturated rings. The third-order valence-electron chi connectivity index (χ3n) is 2.89. The van der Waals surface area contributed by atoms with E-state index < -0.39 is 0 Å². The second-order valence-electron chi connectivity index (χ2n) is 4.13. The van der Waals surface area contributed by atoms with E-state index in [4.69, 9.17) is 11.0 Å². The lowest BCUT2D eigenvalue weighted by Gasteiger charge is -2.17. The average Bonchev–Trinajstić information content (AvgIpc) is 3.10. The monoisotopic (exact) mass is 279 g/mol. The SMILES string of the molecule is N#Cc1ccc(NC(CN)C2CC2)cc1Br. The molecular weight excluding hydrogens is 266 g/mol. The molecule has 84 valence electrons. The second-order valence-corrected chi connectivity index (χ2v) is 4.98. The summed E-state index contributed by atoms with van der Waals surface area (Å²) in [6.45, 7) is 0.655. The van der Waals surface area contributed by atoms with Gasteiger partial charge in [-0.3, -0.25) is 0 Å². The number of anilines is 1. The standard InChI is InChI=1S/C12H14BrN3/c13-11-5-10(4-3-9(11)6-14)16-12(7-15)8-1-2-8/h3-5,8,12,16H,1-2,7,15H2. The molecule has 0 heterocycles. The molecule has 0 aliphatic heterocycles. The number of nitrogens with one attached hydrogen (secondary N) is 1. The van der Waals surface area contributed by atoms with Crippen molar-refractivity contribution in [2.24, 2.45) is 11.7 Å². The molecule has 0 saturated heterocycles. The van der Waals surface area contributed by atoms with Crippen LogP contribution in [0.15, 0.2) is 22.7 Å². The van der Waals surface area contributed by atoms with Gasteiger partial charge in [0.05, 0.1) is 5.56 Å². The molecule has 1 aromatic rings. The van der Waals surface area contributed by atoms with Crippen LogP contribution >= 0.6 is 15.9 Å². The zero-order valence-corrected chi connectivity index (χ0v) is 10.5. The number of rotatable bonds is 4. The lowest BCUT2D eigenvalue weighted by Crippen LogP contribution is -2.30. The van der Waals surface area contributed by atoms with Crippen LogP contribution in [-0.4, -0.2) is 12.6 Å². The van der Waals surface area contributed by atoms with Crippen molar-refractivity contribution in [1.82, 2.24) is 0 Å². The minimum absolute atomic E-state index is 0.361. The van der Waals surface area contributed by atoms with Gasteiger partial charge in [0.25, 0.3) is 0 Å². The predicted molar refractivity (Wildman–Crippen MR) is 68.0 cm³/mol. The summed E-state index contributed by atoms with van der Waals surface area (Å²) < 4.78 is 0.826. The number of nitrogens with zero attached hydrogens (tertiary/aromatic N) is 1. The third kappa shape index (κ3) is 2.55. The van der Waals surface area contributed by atoms with Gasteiger partial charge < -0.3 is 11.1 Å². The number of nitrogens with two attached hydrogens (primary N) is 1. The van der Waals surface area contributed by atoms with Crippen molar-refractivity contribution in [3.8, 4) is 6.07 Å².